The Balaban J connectivity index is 1.88. The topological polar surface area (TPSA) is 48.7 Å². The quantitative estimate of drug-likeness (QED) is 0.668. The van der Waals surface area contributed by atoms with E-state index in [1.165, 1.54) is 0 Å². The molecule has 0 saturated heterocycles. The highest BCUT2D eigenvalue weighted by molar-refractivity contribution is 5.63. The summed E-state index contributed by atoms with van der Waals surface area (Å²) in [5.74, 6) is 2.20. The molecule has 0 spiro atoms. The number of rotatable bonds is 1. The average molecular weight is 253 g/mol. The number of hydrogen-bond donors (Lipinski definition) is 0. The SMILES string of the molecule is Cc1cccc2nc(-c3ccc4c(c3)OCO4)nn12. The summed E-state index contributed by atoms with van der Waals surface area (Å²) >= 11 is 0. The van der Waals surface area contributed by atoms with Crippen LogP contribution in [-0.2, 0) is 0 Å². The molecule has 3 heterocycles. The van der Waals surface area contributed by atoms with Gasteiger partial charge in [-0.1, -0.05) is 6.07 Å². The summed E-state index contributed by atoms with van der Waals surface area (Å²) in [6.07, 6.45) is 0. The zero-order chi connectivity index (χ0) is 12.8. The van der Waals surface area contributed by atoms with Crippen LogP contribution in [0.3, 0.4) is 0 Å². The molecule has 94 valence electrons. The highest BCUT2D eigenvalue weighted by Gasteiger charge is 2.15. The summed E-state index contributed by atoms with van der Waals surface area (Å²) in [6.45, 7) is 2.28. The largest absolute Gasteiger partial charge is 0.454 e. The van der Waals surface area contributed by atoms with E-state index >= 15 is 0 Å². The fourth-order valence-corrected chi connectivity index (χ4v) is 2.19. The molecule has 0 atom stereocenters. The number of pyridine rings is 1. The van der Waals surface area contributed by atoms with Crippen molar-refractivity contribution < 1.29 is 9.47 Å². The van der Waals surface area contributed by atoms with E-state index < -0.39 is 0 Å². The van der Waals surface area contributed by atoms with E-state index in [4.69, 9.17) is 9.47 Å². The van der Waals surface area contributed by atoms with Gasteiger partial charge in [-0.05, 0) is 37.3 Å². The predicted molar refractivity (Wildman–Crippen MR) is 69.3 cm³/mol. The summed E-state index contributed by atoms with van der Waals surface area (Å²) < 4.78 is 12.5. The maximum atomic E-state index is 5.37. The van der Waals surface area contributed by atoms with Crippen molar-refractivity contribution in [3.8, 4) is 22.9 Å². The van der Waals surface area contributed by atoms with Crippen molar-refractivity contribution in [2.24, 2.45) is 0 Å². The molecular weight excluding hydrogens is 242 g/mol. The maximum Gasteiger partial charge on any atom is 0.231 e. The number of aromatic nitrogens is 3. The fourth-order valence-electron chi connectivity index (χ4n) is 2.19. The van der Waals surface area contributed by atoms with Crippen molar-refractivity contribution in [2.75, 3.05) is 6.79 Å². The van der Waals surface area contributed by atoms with Crippen molar-refractivity contribution >= 4 is 5.65 Å². The second-order valence-corrected chi connectivity index (χ2v) is 4.44. The molecule has 19 heavy (non-hydrogen) atoms. The molecule has 0 radical (unpaired) electrons. The molecular formula is C14H11N3O2. The van der Waals surface area contributed by atoms with Gasteiger partial charge in [0.25, 0.3) is 0 Å². The monoisotopic (exact) mass is 253 g/mol. The summed E-state index contributed by atoms with van der Waals surface area (Å²) in [6, 6.07) is 11.7. The molecule has 1 aliphatic rings. The van der Waals surface area contributed by atoms with Gasteiger partial charge in [-0.25, -0.2) is 9.50 Å². The van der Waals surface area contributed by atoms with E-state index in [2.05, 4.69) is 10.1 Å². The van der Waals surface area contributed by atoms with Gasteiger partial charge in [0.15, 0.2) is 23.0 Å². The Hall–Kier alpha value is -2.56. The molecule has 2 aromatic heterocycles. The average Bonchev–Trinajstić information content (AvgIpc) is 3.04. The van der Waals surface area contributed by atoms with Crippen LogP contribution < -0.4 is 9.47 Å². The molecule has 0 bridgehead atoms. The van der Waals surface area contributed by atoms with E-state index in [1.807, 2.05) is 47.8 Å². The third kappa shape index (κ3) is 1.55. The zero-order valence-corrected chi connectivity index (χ0v) is 10.3. The third-order valence-corrected chi connectivity index (χ3v) is 3.18. The number of ether oxygens (including phenoxy) is 2. The normalized spacial score (nSPS) is 13.1. The summed E-state index contributed by atoms with van der Waals surface area (Å²) in [5.41, 5.74) is 2.82. The number of aryl methyl sites for hydroxylation is 1. The molecule has 3 aromatic rings. The van der Waals surface area contributed by atoms with Gasteiger partial charge in [-0.15, -0.1) is 5.10 Å². The molecule has 5 nitrogen and oxygen atoms in total. The number of hydrogen-bond acceptors (Lipinski definition) is 4. The zero-order valence-electron chi connectivity index (χ0n) is 10.3. The van der Waals surface area contributed by atoms with Crippen molar-refractivity contribution in [3.05, 3.63) is 42.1 Å². The highest BCUT2D eigenvalue weighted by Crippen LogP contribution is 2.35. The molecule has 0 saturated carbocycles. The van der Waals surface area contributed by atoms with Crippen LogP contribution in [0.25, 0.3) is 17.0 Å². The molecule has 4 rings (SSSR count). The predicted octanol–water partition coefficient (Wildman–Crippen LogP) is 2.43. The second kappa shape index (κ2) is 3.71. The lowest BCUT2D eigenvalue weighted by atomic mass is 10.2. The van der Waals surface area contributed by atoms with Gasteiger partial charge in [-0.3, -0.25) is 0 Å². The van der Waals surface area contributed by atoms with Gasteiger partial charge >= 0.3 is 0 Å². The lowest BCUT2D eigenvalue weighted by Crippen LogP contribution is -1.93. The van der Waals surface area contributed by atoms with Crippen molar-refractivity contribution in [3.63, 3.8) is 0 Å². The Morgan fingerprint density at radius 1 is 1.11 bits per heavy atom. The first-order valence-electron chi connectivity index (χ1n) is 6.04. The van der Waals surface area contributed by atoms with E-state index in [1.54, 1.807) is 0 Å². The van der Waals surface area contributed by atoms with Gasteiger partial charge in [0.05, 0.1) is 0 Å². The smallest absolute Gasteiger partial charge is 0.231 e. The molecule has 0 N–H and O–H groups in total. The minimum absolute atomic E-state index is 0.274. The standard InChI is InChI=1S/C14H11N3O2/c1-9-3-2-4-13-15-14(16-17(9)13)10-5-6-11-12(7-10)19-8-18-11/h2-7H,8H2,1H3. The van der Waals surface area contributed by atoms with Crippen molar-refractivity contribution in [1.29, 1.82) is 0 Å². The molecule has 1 aliphatic heterocycles. The van der Waals surface area contributed by atoms with Crippen LogP contribution in [0, 0.1) is 6.92 Å². The minimum Gasteiger partial charge on any atom is -0.454 e. The number of benzene rings is 1. The molecule has 0 unspecified atom stereocenters. The molecule has 0 amide bonds. The first-order valence-corrected chi connectivity index (χ1v) is 6.04. The van der Waals surface area contributed by atoms with Gasteiger partial charge in [-0.2, -0.15) is 0 Å². The lowest BCUT2D eigenvalue weighted by molar-refractivity contribution is 0.174. The Kier molecular flexibility index (Phi) is 2.03. The molecule has 1 aromatic carbocycles. The van der Waals surface area contributed by atoms with Gasteiger partial charge in [0.2, 0.25) is 6.79 Å². The summed E-state index contributed by atoms with van der Waals surface area (Å²) in [5, 5.41) is 4.52. The van der Waals surface area contributed by atoms with Crippen LogP contribution in [0.1, 0.15) is 5.69 Å². The Morgan fingerprint density at radius 2 is 2.00 bits per heavy atom. The summed E-state index contributed by atoms with van der Waals surface area (Å²) in [7, 11) is 0. The first kappa shape index (κ1) is 10.4. The Labute approximate surface area is 109 Å². The Morgan fingerprint density at radius 3 is 2.89 bits per heavy atom. The number of fused-ring (bicyclic) bond motifs is 2. The second-order valence-electron chi connectivity index (χ2n) is 4.44. The van der Waals surface area contributed by atoms with Gasteiger partial charge < -0.3 is 9.47 Å². The minimum atomic E-state index is 0.274. The lowest BCUT2D eigenvalue weighted by Gasteiger charge is -1.98. The van der Waals surface area contributed by atoms with E-state index in [-0.39, 0.29) is 6.79 Å². The summed E-state index contributed by atoms with van der Waals surface area (Å²) in [4.78, 5) is 4.52. The molecule has 0 aliphatic carbocycles. The van der Waals surface area contributed by atoms with Gasteiger partial charge in [0.1, 0.15) is 0 Å². The van der Waals surface area contributed by atoms with Crippen molar-refractivity contribution in [1.82, 2.24) is 14.6 Å². The molecule has 5 heteroatoms. The van der Waals surface area contributed by atoms with E-state index in [0.29, 0.717) is 5.82 Å². The van der Waals surface area contributed by atoms with Crippen LogP contribution in [-0.4, -0.2) is 21.4 Å². The van der Waals surface area contributed by atoms with Crippen molar-refractivity contribution in [2.45, 2.75) is 6.92 Å². The van der Waals surface area contributed by atoms with Crippen LogP contribution in [0.5, 0.6) is 11.5 Å². The third-order valence-electron chi connectivity index (χ3n) is 3.18. The fraction of sp³-hybridized carbons (Fsp3) is 0.143. The first-order chi connectivity index (χ1) is 9.31. The highest BCUT2D eigenvalue weighted by atomic mass is 16.7. The molecule has 0 fully saturated rings. The van der Waals surface area contributed by atoms with Crippen LogP contribution >= 0.6 is 0 Å². The number of nitrogens with zero attached hydrogens (tertiary/aromatic N) is 3. The Bertz CT molecular complexity index is 779. The van der Waals surface area contributed by atoms with Crippen LogP contribution in [0.4, 0.5) is 0 Å². The van der Waals surface area contributed by atoms with Gasteiger partial charge in [0, 0.05) is 11.3 Å². The maximum absolute atomic E-state index is 5.37. The van der Waals surface area contributed by atoms with Crippen LogP contribution in [0.15, 0.2) is 36.4 Å². The van der Waals surface area contributed by atoms with Crippen LogP contribution in [0.2, 0.25) is 0 Å². The van der Waals surface area contributed by atoms with E-state index in [0.717, 1.165) is 28.4 Å². The van der Waals surface area contributed by atoms with E-state index in [9.17, 15) is 0 Å².